The van der Waals surface area contributed by atoms with Crippen LogP contribution in [0.15, 0.2) is 51.6 Å². The standard InChI is InChI=1S/C25H34F3N5OS/c1-16-12-18(35)13-22(34-25(26,27)28)20(16)15-29-14-17-8-10-33(11-9-17)24-30-21-7-5-4-6-19(21)23(31-24)32(2)3/h4-7,13,16-17,24,29-30,35H,8-12,14-15H2,1-3H3. The number of fused-ring (bicyclic) bond motifs is 1. The highest BCUT2D eigenvalue weighted by molar-refractivity contribution is 7.84. The predicted octanol–water partition coefficient (Wildman–Crippen LogP) is 4.65. The lowest BCUT2D eigenvalue weighted by atomic mass is 9.91. The van der Waals surface area contributed by atoms with Gasteiger partial charge in [-0.1, -0.05) is 19.1 Å². The van der Waals surface area contributed by atoms with Gasteiger partial charge in [-0.2, -0.15) is 0 Å². The van der Waals surface area contributed by atoms with Crippen LogP contribution in [-0.4, -0.2) is 68.6 Å². The number of piperidine rings is 1. The van der Waals surface area contributed by atoms with Crippen molar-refractivity contribution in [1.82, 2.24) is 15.1 Å². The van der Waals surface area contributed by atoms with Crippen LogP contribution >= 0.6 is 12.6 Å². The van der Waals surface area contributed by atoms with Crippen LogP contribution < -0.4 is 10.6 Å². The normalized spacial score (nSPS) is 23.9. The zero-order chi connectivity index (χ0) is 25.2. The van der Waals surface area contributed by atoms with Crippen LogP contribution in [0.25, 0.3) is 0 Å². The lowest BCUT2D eigenvalue weighted by Gasteiger charge is -2.39. The zero-order valence-corrected chi connectivity index (χ0v) is 21.3. The number of nitrogens with zero attached hydrogens (tertiary/aromatic N) is 3. The van der Waals surface area contributed by atoms with Gasteiger partial charge in [0, 0.05) is 45.0 Å². The Balaban J connectivity index is 1.31. The molecule has 0 spiro atoms. The topological polar surface area (TPSA) is 52.1 Å². The van der Waals surface area contributed by atoms with Gasteiger partial charge in [-0.3, -0.25) is 4.90 Å². The predicted molar refractivity (Wildman–Crippen MR) is 136 cm³/mol. The Morgan fingerprint density at radius 2 is 1.94 bits per heavy atom. The second-order valence-corrected chi connectivity index (χ2v) is 10.3. The van der Waals surface area contributed by atoms with Crippen molar-refractivity contribution < 1.29 is 17.9 Å². The van der Waals surface area contributed by atoms with E-state index in [-0.39, 0.29) is 18.0 Å². The van der Waals surface area contributed by atoms with Crippen molar-refractivity contribution in [1.29, 1.82) is 0 Å². The molecular formula is C25H34F3N5OS. The number of nitrogens with one attached hydrogen (secondary N) is 2. The van der Waals surface area contributed by atoms with E-state index in [0.717, 1.165) is 49.6 Å². The van der Waals surface area contributed by atoms with Gasteiger partial charge < -0.3 is 20.3 Å². The molecule has 1 fully saturated rings. The number of allylic oxidation sites excluding steroid dienone is 2. The van der Waals surface area contributed by atoms with Crippen molar-refractivity contribution in [3.8, 4) is 0 Å². The van der Waals surface area contributed by atoms with E-state index in [0.29, 0.717) is 29.4 Å². The molecule has 192 valence electrons. The third-order valence-corrected chi connectivity index (χ3v) is 7.13. The Hall–Kier alpha value is -2.17. The number of para-hydroxylation sites is 1. The largest absolute Gasteiger partial charge is 0.573 e. The molecular weight excluding hydrogens is 475 g/mol. The molecule has 35 heavy (non-hydrogen) atoms. The highest BCUT2D eigenvalue weighted by atomic mass is 32.1. The molecule has 2 heterocycles. The van der Waals surface area contributed by atoms with Crippen molar-refractivity contribution in [2.75, 3.05) is 45.6 Å². The molecule has 1 aliphatic carbocycles. The fourth-order valence-corrected chi connectivity index (χ4v) is 5.36. The Bertz CT molecular complexity index is 999. The van der Waals surface area contributed by atoms with Gasteiger partial charge in [0.15, 0.2) is 6.29 Å². The molecule has 0 bridgehead atoms. The second kappa shape index (κ2) is 10.8. The molecule has 0 aromatic heterocycles. The molecule has 0 amide bonds. The van der Waals surface area contributed by atoms with E-state index in [1.165, 1.54) is 6.08 Å². The number of alkyl halides is 3. The van der Waals surface area contributed by atoms with E-state index in [1.54, 1.807) is 0 Å². The highest BCUT2D eigenvalue weighted by Gasteiger charge is 2.35. The smallest absolute Gasteiger partial charge is 0.406 e. The summed E-state index contributed by atoms with van der Waals surface area (Å²) < 4.78 is 42.9. The minimum absolute atomic E-state index is 0.0526. The summed E-state index contributed by atoms with van der Waals surface area (Å²) in [4.78, 5) is 9.97. The summed E-state index contributed by atoms with van der Waals surface area (Å²) in [5, 5.41) is 6.94. The average molecular weight is 510 g/mol. The third-order valence-electron chi connectivity index (χ3n) is 6.81. The number of hydrogen-bond donors (Lipinski definition) is 3. The minimum atomic E-state index is -4.71. The van der Waals surface area contributed by atoms with Crippen LogP contribution in [0, 0.1) is 11.8 Å². The van der Waals surface area contributed by atoms with E-state index in [1.807, 2.05) is 38.1 Å². The number of anilines is 1. The molecule has 1 aromatic carbocycles. The summed E-state index contributed by atoms with van der Waals surface area (Å²) in [7, 11) is 4.02. The molecule has 3 aliphatic rings. The number of benzene rings is 1. The van der Waals surface area contributed by atoms with Gasteiger partial charge in [-0.05, 0) is 66.3 Å². The molecule has 2 aliphatic heterocycles. The molecule has 0 saturated carbocycles. The first kappa shape index (κ1) is 25.9. The first-order valence-corrected chi connectivity index (χ1v) is 12.5. The van der Waals surface area contributed by atoms with Crippen LogP contribution in [0.5, 0.6) is 0 Å². The first-order valence-electron chi connectivity index (χ1n) is 12.0. The van der Waals surface area contributed by atoms with Gasteiger partial charge in [0.05, 0.1) is 0 Å². The number of amidine groups is 1. The van der Waals surface area contributed by atoms with Crippen molar-refractivity contribution in [3.05, 3.63) is 52.1 Å². The quantitative estimate of drug-likeness (QED) is 0.488. The van der Waals surface area contributed by atoms with Gasteiger partial charge in [0.25, 0.3) is 0 Å². The fraction of sp³-hybridized carbons (Fsp3) is 0.560. The van der Waals surface area contributed by atoms with Gasteiger partial charge in [0.2, 0.25) is 0 Å². The lowest BCUT2D eigenvalue weighted by Crippen LogP contribution is -2.48. The SMILES string of the molecule is CC1CC(S)=CC(OC(F)(F)F)=C1CNCC1CCN(C2N=C(N(C)C)c3ccccc3N2)CC1. The molecule has 1 saturated heterocycles. The molecule has 2 N–H and O–H groups in total. The van der Waals surface area contributed by atoms with Crippen LogP contribution in [0.3, 0.4) is 0 Å². The summed E-state index contributed by atoms with van der Waals surface area (Å²) in [5.41, 5.74) is 2.84. The van der Waals surface area contributed by atoms with Crippen LogP contribution in [-0.2, 0) is 4.74 Å². The van der Waals surface area contributed by atoms with Crippen LogP contribution in [0.2, 0.25) is 0 Å². The molecule has 2 atom stereocenters. The highest BCUT2D eigenvalue weighted by Crippen LogP contribution is 2.35. The Kier molecular flexibility index (Phi) is 8.02. The van der Waals surface area contributed by atoms with Gasteiger partial charge in [-0.15, -0.1) is 25.8 Å². The lowest BCUT2D eigenvalue weighted by molar-refractivity contribution is -0.304. The van der Waals surface area contributed by atoms with Crippen molar-refractivity contribution in [2.45, 2.75) is 38.8 Å². The van der Waals surface area contributed by atoms with E-state index in [4.69, 9.17) is 4.99 Å². The summed E-state index contributed by atoms with van der Waals surface area (Å²) in [6.45, 7) is 4.86. The van der Waals surface area contributed by atoms with E-state index >= 15 is 0 Å². The molecule has 6 nitrogen and oxygen atoms in total. The van der Waals surface area contributed by atoms with E-state index < -0.39 is 6.36 Å². The van der Waals surface area contributed by atoms with Crippen molar-refractivity contribution in [3.63, 3.8) is 0 Å². The molecule has 10 heteroatoms. The molecule has 1 aromatic rings. The molecule has 0 radical (unpaired) electrons. The Morgan fingerprint density at radius 3 is 2.63 bits per heavy atom. The summed E-state index contributed by atoms with van der Waals surface area (Å²) >= 11 is 4.27. The van der Waals surface area contributed by atoms with Crippen LogP contribution in [0.4, 0.5) is 18.9 Å². The number of thiol groups is 1. The summed E-state index contributed by atoms with van der Waals surface area (Å²) in [5.74, 6) is 1.25. The van der Waals surface area contributed by atoms with Crippen molar-refractivity contribution in [2.24, 2.45) is 16.8 Å². The number of halogens is 3. The maximum atomic E-state index is 12.9. The number of rotatable bonds is 6. The third kappa shape index (κ3) is 6.54. The van der Waals surface area contributed by atoms with Crippen LogP contribution in [0.1, 0.15) is 31.7 Å². The monoisotopic (exact) mass is 509 g/mol. The molecule has 2 unspecified atom stereocenters. The first-order chi connectivity index (χ1) is 16.6. The Morgan fingerprint density at radius 1 is 1.23 bits per heavy atom. The fourth-order valence-electron chi connectivity index (χ4n) is 4.97. The van der Waals surface area contributed by atoms with Crippen molar-refractivity contribution >= 4 is 24.2 Å². The molecule has 4 rings (SSSR count). The summed E-state index contributed by atoms with van der Waals surface area (Å²) in [6, 6.07) is 8.21. The second-order valence-electron chi connectivity index (χ2n) is 9.70. The van der Waals surface area contributed by atoms with Gasteiger partial charge in [-0.25, -0.2) is 4.99 Å². The van der Waals surface area contributed by atoms with E-state index in [2.05, 4.69) is 45.0 Å². The Labute approximate surface area is 210 Å². The number of likely N-dealkylation sites (tertiary alicyclic amines) is 1. The van der Waals surface area contributed by atoms with Gasteiger partial charge >= 0.3 is 6.36 Å². The maximum absolute atomic E-state index is 12.9. The van der Waals surface area contributed by atoms with E-state index in [9.17, 15) is 13.2 Å². The summed E-state index contributed by atoms with van der Waals surface area (Å²) in [6.07, 6.45) is -0.798. The minimum Gasteiger partial charge on any atom is -0.406 e. The van der Waals surface area contributed by atoms with Gasteiger partial charge in [0.1, 0.15) is 11.6 Å². The zero-order valence-electron chi connectivity index (χ0n) is 20.4. The number of hydrogen-bond acceptors (Lipinski definition) is 7. The maximum Gasteiger partial charge on any atom is 0.573 e. The number of aliphatic imine (C=N–C) groups is 1. The average Bonchev–Trinajstić information content (AvgIpc) is 2.79. The number of ether oxygens (including phenoxy) is 1.